The van der Waals surface area contributed by atoms with Gasteiger partial charge in [0.15, 0.2) is 0 Å². The first kappa shape index (κ1) is 22.4. The van der Waals surface area contributed by atoms with Crippen LogP contribution in [0.5, 0.6) is 0 Å². The number of nitrogens with two attached hydrogens (primary N) is 1. The van der Waals surface area contributed by atoms with E-state index >= 15 is 0 Å². The molecule has 0 aliphatic rings. The van der Waals surface area contributed by atoms with E-state index < -0.39 is 36.2 Å². The van der Waals surface area contributed by atoms with Gasteiger partial charge < -0.3 is 20.3 Å². The van der Waals surface area contributed by atoms with Crippen LogP contribution in [0.3, 0.4) is 0 Å². The highest BCUT2D eigenvalue weighted by molar-refractivity contribution is 5.83. The summed E-state index contributed by atoms with van der Waals surface area (Å²) in [4.78, 5) is 35.3. The van der Waals surface area contributed by atoms with Crippen molar-refractivity contribution < 1.29 is 29.0 Å². The third-order valence-electron chi connectivity index (χ3n) is 3.56. The predicted molar refractivity (Wildman–Crippen MR) is 88.8 cm³/mol. The van der Waals surface area contributed by atoms with E-state index in [1.54, 1.807) is 27.7 Å². The topological polar surface area (TPSA) is 116 Å². The van der Waals surface area contributed by atoms with Gasteiger partial charge in [0, 0.05) is 5.92 Å². The van der Waals surface area contributed by atoms with Gasteiger partial charge >= 0.3 is 17.9 Å². The largest absolute Gasteiger partial charge is 0.481 e. The Labute approximate surface area is 143 Å². The highest BCUT2D eigenvalue weighted by Gasteiger charge is 2.34. The highest BCUT2D eigenvalue weighted by atomic mass is 16.7. The molecule has 0 fully saturated rings. The molecule has 2 unspecified atom stereocenters. The third-order valence-corrected chi connectivity index (χ3v) is 3.56. The summed E-state index contributed by atoms with van der Waals surface area (Å²) in [7, 11) is 0. The smallest absolute Gasteiger partial charge is 0.326 e. The Morgan fingerprint density at radius 2 is 1.42 bits per heavy atom. The van der Waals surface area contributed by atoms with Crippen LogP contribution in [0.15, 0.2) is 0 Å². The molecule has 0 spiro atoms. The average Bonchev–Trinajstić information content (AvgIpc) is 2.45. The Bertz CT molecular complexity index is 433. The summed E-state index contributed by atoms with van der Waals surface area (Å²) in [5.74, 6) is -3.88. The summed E-state index contributed by atoms with van der Waals surface area (Å²) in [5, 5.41) is 9.29. The van der Waals surface area contributed by atoms with Crippen LogP contribution in [-0.4, -0.2) is 35.3 Å². The van der Waals surface area contributed by atoms with Crippen molar-refractivity contribution in [2.75, 3.05) is 0 Å². The predicted octanol–water partition coefficient (Wildman–Crippen LogP) is 2.18. The summed E-state index contributed by atoms with van der Waals surface area (Å²) in [5.41, 5.74) is 5.79. The molecule has 0 saturated heterocycles. The molecular formula is C17H31NO6. The van der Waals surface area contributed by atoms with Crippen molar-refractivity contribution in [3.8, 4) is 0 Å². The second-order valence-corrected chi connectivity index (χ2v) is 7.08. The first-order chi connectivity index (χ1) is 11.0. The Hall–Kier alpha value is -1.63. The van der Waals surface area contributed by atoms with Crippen molar-refractivity contribution in [1.29, 1.82) is 0 Å². The van der Waals surface area contributed by atoms with E-state index in [4.69, 9.17) is 15.2 Å². The Balaban J connectivity index is 4.93. The minimum absolute atomic E-state index is 0.275. The van der Waals surface area contributed by atoms with Gasteiger partial charge in [0.1, 0.15) is 6.04 Å². The fourth-order valence-corrected chi connectivity index (χ4v) is 1.87. The lowest BCUT2D eigenvalue weighted by Crippen LogP contribution is -2.45. The summed E-state index contributed by atoms with van der Waals surface area (Å²) >= 11 is 0. The van der Waals surface area contributed by atoms with Crippen LogP contribution in [0.2, 0.25) is 0 Å². The van der Waals surface area contributed by atoms with Crippen LogP contribution < -0.4 is 5.73 Å². The van der Waals surface area contributed by atoms with Crippen LogP contribution in [0.4, 0.5) is 0 Å². The van der Waals surface area contributed by atoms with E-state index in [9.17, 15) is 19.5 Å². The molecule has 0 rings (SSSR count). The maximum absolute atomic E-state index is 12.2. The number of carboxylic acid groups (broad SMARTS) is 1. The van der Waals surface area contributed by atoms with E-state index in [1.807, 2.05) is 13.8 Å². The maximum atomic E-state index is 12.2. The van der Waals surface area contributed by atoms with Crippen LogP contribution in [0, 0.1) is 23.7 Å². The van der Waals surface area contributed by atoms with Crippen molar-refractivity contribution in [1.82, 2.24) is 0 Å². The highest BCUT2D eigenvalue weighted by Crippen LogP contribution is 2.18. The summed E-state index contributed by atoms with van der Waals surface area (Å²) < 4.78 is 10.3. The number of ether oxygens (including phenoxy) is 2. The van der Waals surface area contributed by atoms with E-state index in [1.165, 1.54) is 0 Å². The maximum Gasteiger partial charge on any atom is 0.326 e. The molecule has 0 aromatic rings. The molecule has 3 atom stereocenters. The molecule has 0 amide bonds. The third kappa shape index (κ3) is 7.77. The molecule has 0 aromatic carbocycles. The zero-order valence-corrected chi connectivity index (χ0v) is 15.4. The van der Waals surface area contributed by atoms with Crippen LogP contribution in [0.1, 0.15) is 54.4 Å². The Morgan fingerprint density at radius 1 is 0.917 bits per heavy atom. The average molecular weight is 345 g/mol. The second-order valence-electron chi connectivity index (χ2n) is 7.08. The van der Waals surface area contributed by atoms with E-state index in [0.29, 0.717) is 12.3 Å². The molecule has 0 saturated carbocycles. The van der Waals surface area contributed by atoms with Gasteiger partial charge in [0.05, 0.1) is 11.8 Å². The minimum atomic E-state index is -1.31. The fourth-order valence-electron chi connectivity index (χ4n) is 1.87. The monoisotopic (exact) mass is 345 g/mol. The van der Waals surface area contributed by atoms with Crippen LogP contribution in [0.25, 0.3) is 0 Å². The quantitative estimate of drug-likeness (QED) is 0.460. The molecule has 0 heterocycles. The molecule has 140 valence electrons. The van der Waals surface area contributed by atoms with Crippen molar-refractivity contribution in [2.24, 2.45) is 29.4 Å². The Morgan fingerprint density at radius 3 is 1.79 bits per heavy atom. The molecule has 7 nitrogen and oxygen atoms in total. The van der Waals surface area contributed by atoms with Crippen molar-refractivity contribution in [2.45, 2.75) is 66.7 Å². The van der Waals surface area contributed by atoms with E-state index in [-0.39, 0.29) is 18.3 Å². The molecule has 0 radical (unpaired) electrons. The first-order valence-corrected chi connectivity index (χ1v) is 8.36. The molecule has 0 aliphatic heterocycles. The summed E-state index contributed by atoms with van der Waals surface area (Å²) in [6.45, 7) is 10.7. The van der Waals surface area contributed by atoms with Crippen molar-refractivity contribution in [3.63, 3.8) is 0 Å². The fraction of sp³-hybridized carbons (Fsp3) is 0.824. The second kappa shape index (κ2) is 10.3. The van der Waals surface area contributed by atoms with Gasteiger partial charge in [-0.3, -0.25) is 14.4 Å². The van der Waals surface area contributed by atoms with Gasteiger partial charge in [-0.1, -0.05) is 48.0 Å². The number of hydrogen-bond donors (Lipinski definition) is 2. The van der Waals surface area contributed by atoms with Gasteiger partial charge in [0.2, 0.25) is 6.29 Å². The van der Waals surface area contributed by atoms with E-state index in [0.717, 1.165) is 0 Å². The number of hydrogen-bond acceptors (Lipinski definition) is 6. The van der Waals surface area contributed by atoms with Crippen LogP contribution in [-0.2, 0) is 23.9 Å². The van der Waals surface area contributed by atoms with Crippen molar-refractivity contribution >= 4 is 17.9 Å². The number of carbonyl (C=O) groups is 3. The lowest BCUT2D eigenvalue weighted by molar-refractivity contribution is -0.200. The molecule has 3 N–H and O–H groups in total. The molecular weight excluding hydrogens is 314 g/mol. The van der Waals surface area contributed by atoms with Crippen molar-refractivity contribution in [3.05, 3.63) is 0 Å². The standard InChI is InChI=1S/C17H31NO6/c1-9(2)7-8-12(14(19)20)13(18)16(22)24-17(11(5)6)23-15(21)10(3)4/h9-13,17H,7-8,18H2,1-6H3,(H,19,20)/t12?,13?,17-/m1/s1. The first-order valence-electron chi connectivity index (χ1n) is 8.36. The van der Waals surface area contributed by atoms with Gasteiger partial charge in [-0.05, 0) is 12.3 Å². The summed E-state index contributed by atoms with van der Waals surface area (Å²) in [6.07, 6.45) is -0.173. The SMILES string of the molecule is CC(C)CCC(C(=O)O)C(N)C(=O)O[C@@H](OC(=O)C(C)C)C(C)C. The molecule has 24 heavy (non-hydrogen) atoms. The molecule has 7 heteroatoms. The molecule has 0 aromatic heterocycles. The van der Waals surface area contributed by atoms with Gasteiger partial charge in [-0.25, -0.2) is 0 Å². The van der Waals surface area contributed by atoms with Gasteiger partial charge in [-0.15, -0.1) is 0 Å². The Kier molecular flexibility index (Phi) is 9.58. The molecule has 0 aliphatic carbocycles. The zero-order valence-electron chi connectivity index (χ0n) is 15.4. The normalized spacial score (nSPS) is 15.2. The lowest BCUT2D eigenvalue weighted by atomic mass is 9.92. The van der Waals surface area contributed by atoms with E-state index in [2.05, 4.69) is 0 Å². The molecule has 0 bridgehead atoms. The van der Waals surface area contributed by atoms with Crippen LogP contribution >= 0.6 is 0 Å². The van der Waals surface area contributed by atoms with Gasteiger partial charge in [0.25, 0.3) is 0 Å². The summed E-state index contributed by atoms with van der Waals surface area (Å²) in [6, 6.07) is -1.31. The number of esters is 2. The lowest BCUT2D eigenvalue weighted by Gasteiger charge is -2.25. The number of rotatable bonds is 10. The number of carbonyl (C=O) groups excluding carboxylic acids is 2. The van der Waals surface area contributed by atoms with Gasteiger partial charge in [-0.2, -0.15) is 0 Å². The minimum Gasteiger partial charge on any atom is -0.481 e. The number of carboxylic acids is 1. The number of aliphatic carboxylic acids is 1. The zero-order chi connectivity index (χ0) is 19.0.